The first-order valence-corrected chi connectivity index (χ1v) is 18.6. The SMILES string of the molecule is CCCCCCCCCCOC(=O)CCCCCCCC(OP(=O)(O)O)C(CCCCCCCC)OP(=O)([O-])[O-].[Na+].[Na+]. The third-order valence-electron chi connectivity index (χ3n) is 6.92. The van der Waals surface area contributed by atoms with Gasteiger partial charge in [-0.05, 0) is 25.7 Å². The molecule has 0 heterocycles. The second-order valence-electron chi connectivity index (χ2n) is 10.8. The van der Waals surface area contributed by atoms with Gasteiger partial charge >= 0.3 is 72.9 Å². The van der Waals surface area contributed by atoms with Crippen LogP contribution in [0.2, 0.25) is 0 Å². The Morgan fingerprint density at radius 1 is 0.619 bits per heavy atom. The zero-order chi connectivity index (χ0) is 30.1. The van der Waals surface area contributed by atoms with E-state index in [1.807, 2.05) is 0 Å². The van der Waals surface area contributed by atoms with Crippen LogP contribution in [0.25, 0.3) is 0 Å². The summed E-state index contributed by atoms with van der Waals surface area (Å²) in [4.78, 5) is 53.2. The number of phosphoric ester groups is 2. The van der Waals surface area contributed by atoms with Crippen molar-refractivity contribution in [3.63, 3.8) is 0 Å². The molecule has 0 amide bonds. The van der Waals surface area contributed by atoms with Crippen molar-refractivity contribution in [2.75, 3.05) is 6.61 Å². The van der Waals surface area contributed by atoms with Crippen molar-refractivity contribution in [1.29, 1.82) is 0 Å². The normalized spacial score (nSPS) is 13.2. The number of phosphoric acid groups is 2. The fourth-order valence-electron chi connectivity index (χ4n) is 4.72. The third-order valence-corrected chi connectivity index (χ3v) is 8.00. The number of carbonyl (C=O) groups excluding carboxylic acids is 1. The van der Waals surface area contributed by atoms with Gasteiger partial charge in [0.05, 0.1) is 26.6 Å². The monoisotopic (exact) mass is 660 g/mol. The number of hydrogen-bond donors (Lipinski definition) is 2. The second kappa shape index (κ2) is 31.3. The van der Waals surface area contributed by atoms with E-state index in [9.17, 15) is 33.5 Å². The molecule has 0 saturated heterocycles. The van der Waals surface area contributed by atoms with Gasteiger partial charge in [0.1, 0.15) is 0 Å². The number of unbranched alkanes of at least 4 members (excludes halogenated alkanes) is 16. The van der Waals surface area contributed by atoms with Crippen molar-refractivity contribution >= 4 is 21.6 Å². The molecule has 0 aromatic heterocycles. The van der Waals surface area contributed by atoms with Crippen LogP contribution < -0.4 is 68.9 Å². The molecule has 0 aliphatic rings. The Kier molecular flexibility index (Phi) is 35.8. The first-order valence-electron chi connectivity index (χ1n) is 15.6. The summed E-state index contributed by atoms with van der Waals surface area (Å²) in [5, 5.41) is 0. The van der Waals surface area contributed by atoms with Crippen LogP contribution in [0.5, 0.6) is 0 Å². The fraction of sp³-hybridized carbons (Fsp3) is 0.964. The number of hydrogen-bond acceptors (Lipinski definition) is 8. The van der Waals surface area contributed by atoms with Crippen LogP contribution in [0, 0.1) is 0 Å². The van der Waals surface area contributed by atoms with E-state index in [1.165, 1.54) is 38.5 Å². The van der Waals surface area contributed by atoms with E-state index in [2.05, 4.69) is 13.8 Å². The van der Waals surface area contributed by atoms with E-state index in [1.54, 1.807) is 0 Å². The molecule has 2 atom stereocenters. The van der Waals surface area contributed by atoms with E-state index in [-0.39, 0.29) is 77.9 Å². The molecule has 0 saturated carbocycles. The number of ether oxygens (including phenoxy) is 1. The quantitative estimate of drug-likeness (QED) is 0.0509. The minimum Gasteiger partial charge on any atom is -0.790 e. The molecule has 0 fully saturated rings. The number of esters is 1. The molecule has 0 aliphatic carbocycles. The van der Waals surface area contributed by atoms with Crippen molar-refractivity contribution in [2.45, 2.75) is 167 Å². The van der Waals surface area contributed by atoms with Gasteiger partial charge in [0, 0.05) is 6.42 Å². The Labute approximate surface area is 299 Å². The van der Waals surface area contributed by atoms with Crippen LogP contribution in [0.3, 0.4) is 0 Å². The van der Waals surface area contributed by atoms with Crippen molar-refractivity contribution in [3.8, 4) is 0 Å². The summed E-state index contributed by atoms with van der Waals surface area (Å²) in [5.74, 6) is -0.188. The van der Waals surface area contributed by atoms with Crippen molar-refractivity contribution in [1.82, 2.24) is 0 Å². The smallest absolute Gasteiger partial charge is 0.790 e. The average Bonchev–Trinajstić information content (AvgIpc) is 2.86. The summed E-state index contributed by atoms with van der Waals surface area (Å²) in [6.07, 6.45) is 16.8. The summed E-state index contributed by atoms with van der Waals surface area (Å²) in [6.45, 7) is 4.77. The van der Waals surface area contributed by atoms with Crippen molar-refractivity contribution in [2.24, 2.45) is 0 Å². The van der Waals surface area contributed by atoms with E-state index in [0.717, 1.165) is 57.8 Å². The van der Waals surface area contributed by atoms with Gasteiger partial charge in [-0.25, -0.2) is 4.57 Å². The van der Waals surface area contributed by atoms with Gasteiger partial charge in [-0.3, -0.25) is 9.32 Å². The van der Waals surface area contributed by atoms with E-state index in [0.29, 0.717) is 38.7 Å². The average molecular weight is 661 g/mol. The Morgan fingerprint density at radius 2 is 1.00 bits per heavy atom. The van der Waals surface area contributed by atoms with Gasteiger partial charge in [-0.15, -0.1) is 0 Å². The second-order valence-corrected chi connectivity index (χ2v) is 13.1. The molecule has 0 aromatic carbocycles. The summed E-state index contributed by atoms with van der Waals surface area (Å²) < 4.78 is 37.7. The minimum absolute atomic E-state index is 0. The van der Waals surface area contributed by atoms with Crippen LogP contribution in [0.1, 0.15) is 155 Å². The Morgan fingerprint density at radius 3 is 1.43 bits per heavy atom. The summed E-state index contributed by atoms with van der Waals surface area (Å²) >= 11 is 0. The van der Waals surface area contributed by atoms with Crippen LogP contribution in [-0.4, -0.2) is 34.6 Å². The van der Waals surface area contributed by atoms with Gasteiger partial charge in [-0.1, -0.05) is 123 Å². The Bertz CT molecular complexity index is 706. The molecule has 0 aliphatic heterocycles. The van der Waals surface area contributed by atoms with Gasteiger partial charge in [-0.2, -0.15) is 0 Å². The maximum atomic E-state index is 11.9. The van der Waals surface area contributed by atoms with Crippen LogP contribution in [-0.2, 0) is 27.7 Å². The van der Waals surface area contributed by atoms with Gasteiger partial charge in [0.25, 0.3) is 0 Å². The van der Waals surface area contributed by atoms with Crippen molar-refractivity contribution in [3.05, 3.63) is 0 Å². The largest absolute Gasteiger partial charge is 1.00 e. The van der Waals surface area contributed by atoms with Gasteiger partial charge in [0.15, 0.2) is 0 Å². The molecule has 14 heteroatoms. The molecule has 240 valence electrons. The maximum Gasteiger partial charge on any atom is 1.00 e. The van der Waals surface area contributed by atoms with Gasteiger partial charge < -0.3 is 33.4 Å². The maximum absolute atomic E-state index is 11.9. The van der Waals surface area contributed by atoms with Crippen molar-refractivity contribution < 1.29 is 106 Å². The molecule has 0 aromatic rings. The Hall–Kier alpha value is 1.69. The topological polar surface area (TPSA) is 165 Å². The predicted molar refractivity (Wildman–Crippen MR) is 153 cm³/mol. The molecule has 0 rings (SSSR count). The first-order chi connectivity index (χ1) is 19.0. The molecule has 10 nitrogen and oxygen atoms in total. The third kappa shape index (κ3) is 34.6. The molecule has 0 spiro atoms. The summed E-state index contributed by atoms with van der Waals surface area (Å²) in [5.41, 5.74) is 0. The first kappa shape index (κ1) is 48.1. The fourth-order valence-corrected chi connectivity index (χ4v) is 5.89. The Balaban J connectivity index is -0.00000760. The zero-order valence-electron chi connectivity index (χ0n) is 27.0. The number of rotatable bonds is 29. The molecule has 0 bridgehead atoms. The van der Waals surface area contributed by atoms with E-state index >= 15 is 0 Å². The van der Waals surface area contributed by atoms with E-state index < -0.39 is 27.9 Å². The van der Waals surface area contributed by atoms with Gasteiger partial charge in [0.2, 0.25) is 0 Å². The van der Waals surface area contributed by atoms with E-state index in [4.69, 9.17) is 13.8 Å². The van der Waals surface area contributed by atoms with Crippen LogP contribution in [0.4, 0.5) is 0 Å². The standard InChI is InChI=1S/C28H58O10P2.2Na/c1-3-5-7-9-11-12-17-21-25-36-28(29)24-20-16-13-15-19-23-27(38-40(33,34)35)26(37-39(30,31)32)22-18-14-10-8-6-4-2;;/h26-27H,3-25H2,1-2H3,(H2,30,31,32)(H2,33,34,35);;/q;2*+1/p-2. The molecular weight excluding hydrogens is 604 g/mol. The molecule has 2 N–H and O–H groups in total. The molecule has 42 heavy (non-hydrogen) atoms. The predicted octanol–water partition coefficient (Wildman–Crippen LogP) is 0.851. The van der Waals surface area contributed by atoms with Crippen LogP contribution in [0.15, 0.2) is 0 Å². The zero-order valence-corrected chi connectivity index (χ0v) is 32.8. The molecule has 0 radical (unpaired) electrons. The minimum atomic E-state index is -5.37. The summed E-state index contributed by atoms with van der Waals surface area (Å²) in [6, 6.07) is 0. The summed E-state index contributed by atoms with van der Waals surface area (Å²) in [7, 11) is -10.3. The molecular formula is C28H56Na2O10P2. The number of carbonyl (C=O) groups is 1. The van der Waals surface area contributed by atoms with Crippen LogP contribution >= 0.6 is 15.6 Å². The molecule has 2 unspecified atom stereocenters.